The van der Waals surface area contributed by atoms with E-state index in [0.29, 0.717) is 0 Å². The molecule has 0 spiro atoms. The minimum absolute atomic E-state index is 0.0486. The van der Waals surface area contributed by atoms with Gasteiger partial charge in [-0.3, -0.25) is 4.79 Å². The summed E-state index contributed by atoms with van der Waals surface area (Å²) in [4.78, 5) is 29.5. The third-order valence-electron chi connectivity index (χ3n) is 2.38. The van der Waals surface area contributed by atoms with Crippen molar-refractivity contribution >= 4 is 6.09 Å². The summed E-state index contributed by atoms with van der Waals surface area (Å²) in [6, 6.07) is 0.401. The lowest BCUT2D eigenvalue weighted by molar-refractivity contribution is 0.0486. The number of alkyl carbamates (subject to hydrolysis) is 1. The summed E-state index contributed by atoms with van der Waals surface area (Å²) < 4.78 is 5.17. The fraction of sp³-hybridized carbons (Fsp3) is 0.615. The van der Waals surface area contributed by atoms with Crippen LogP contribution in [-0.2, 0) is 4.74 Å². The highest BCUT2D eigenvalue weighted by Gasteiger charge is 2.24. The molecule has 0 aliphatic carbocycles. The molecule has 1 unspecified atom stereocenters. The second-order valence-corrected chi connectivity index (χ2v) is 5.86. The van der Waals surface area contributed by atoms with E-state index in [1.807, 2.05) is 13.8 Å². The molecule has 0 radical (unpaired) electrons. The number of nitrogens with one attached hydrogen (secondary N) is 2. The smallest absolute Gasteiger partial charge is 0.408 e. The van der Waals surface area contributed by atoms with Gasteiger partial charge in [0.15, 0.2) is 0 Å². The average Bonchev–Trinajstić information content (AvgIpc) is 2.21. The van der Waals surface area contributed by atoms with Crippen molar-refractivity contribution in [1.82, 2.24) is 15.3 Å². The molecule has 7 heteroatoms. The van der Waals surface area contributed by atoms with Crippen LogP contribution >= 0.6 is 0 Å². The molecule has 112 valence electrons. The third kappa shape index (κ3) is 4.91. The van der Waals surface area contributed by atoms with Crippen molar-refractivity contribution in [3.05, 3.63) is 22.2 Å². The first-order valence-electron chi connectivity index (χ1n) is 6.38. The normalized spacial score (nSPS) is 13.1. The van der Waals surface area contributed by atoms with Crippen LogP contribution in [0, 0.1) is 5.92 Å². The van der Waals surface area contributed by atoms with Crippen LogP contribution in [0.3, 0.4) is 0 Å². The summed E-state index contributed by atoms with van der Waals surface area (Å²) in [6.07, 6.45) is -0.609. The van der Waals surface area contributed by atoms with Crippen molar-refractivity contribution in [3.8, 4) is 5.88 Å². The molecule has 1 heterocycles. The second kappa shape index (κ2) is 5.94. The molecule has 1 aromatic rings. The number of aromatic hydroxyl groups is 1. The quantitative estimate of drug-likeness (QED) is 0.783. The number of aromatic nitrogens is 2. The van der Waals surface area contributed by atoms with E-state index in [9.17, 15) is 14.7 Å². The molecule has 20 heavy (non-hydrogen) atoms. The maximum absolute atomic E-state index is 11.8. The Morgan fingerprint density at radius 1 is 1.45 bits per heavy atom. The Labute approximate surface area is 117 Å². The van der Waals surface area contributed by atoms with E-state index in [0.717, 1.165) is 6.07 Å². The van der Waals surface area contributed by atoms with Gasteiger partial charge in [-0.15, -0.1) is 0 Å². The number of nitrogens with zero attached hydrogens (tertiary/aromatic N) is 1. The minimum Gasteiger partial charge on any atom is -0.493 e. The number of ether oxygens (including phenoxy) is 1. The van der Waals surface area contributed by atoms with E-state index in [1.54, 1.807) is 20.8 Å². The Hall–Kier alpha value is -2.05. The Morgan fingerprint density at radius 2 is 2.05 bits per heavy atom. The van der Waals surface area contributed by atoms with E-state index in [1.165, 1.54) is 0 Å². The van der Waals surface area contributed by atoms with E-state index in [4.69, 9.17) is 4.74 Å². The molecule has 1 aromatic heterocycles. The van der Waals surface area contributed by atoms with Crippen molar-refractivity contribution in [2.45, 2.75) is 46.3 Å². The zero-order valence-corrected chi connectivity index (χ0v) is 12.4. The number of carbonyl (C=O) groups is 1. The van der Waals surface area contributed by atoms with Gasteiger partial charge in [-0.05, 0) is 26.7 Å². The van der Waals surface area contributed by atoms with E-state index in [-0.39, 0.29) is 17.6 Å². The molecule has 0 aromatic carbocycles. The zero-order valence-electron chi connectivity index (χ0n) is 12.4. The van der Waals surface area contributed by atoms with Gasteiger partial charge in [0.25, 0.3) is 5.56 Å². The molecule has 1 atom stereocenters. The fourth-order valence-corrected chi connectivity index (χ4v) is 1.60. The predicted molar refractivity (Wildman–Crippen MR) is 73.5 cm³/mol. The number of amides is 1. The molecule has 0 aliphatic rings. The highest BCUT2D eigenvalue weighted by molar-refractivity contribution is 5.68. The number of carbonyl (C=O) groups excluding carboxylic acids is 1. The lowest BCUT2D eigenvalue weighted by Crippen LogP contribution is -2.38. The summed E-state index contributed by atoms with van der Waals surface area (Å²) >= 11 is 0. The molecule has 1 rings (SSSR count). The topological polar surface area (TPSA) is 104 Å². The van der Waals surface area contributed by atoms with E-state index >= 15 is 0 Å². The molecule has 0 aliphatic heterocycles. The number of H-pyrrole nitrogens is 1. The van der Waals surface area contributed by atoms with Gasteiger partial charge in [0.05, 0.1) is 12.1 Å². The maximum atomic E-state index is 11.8. The van der Waals surface area contributed by atoms with Crippen LogP contribution in [0.4, 0.5) is 4.79 Å². The molecule has 3 N–H and O–H groups in total. The van der Waals surface area contributed by atoms with Crippen molar-refractivity contribution in [1.29, 1.82) is 0 Å². The van der Waals surface area contributed by atoms with Crippen LogP contribution in [0.1, 0.15) is 46.5 Å². The fourth-order valence-electron chi connectivity index (χ4n) is 1.60. The van der Waals surface area contributed by atoms with Crippen molar-refractivity contribution < 1.29 is 14.6 Å². The van der Waals surface area contributed by atoms with Crippen LogP contribution in [-0.4, -0.2) is 26.8 Å². The molecular formula is C13H21N3O4. The van der Waals surface area contributed by atoms with Crippen molar-refractivity contribution in [2.75, 3.05) is 0 Å². The zero-order chi connectivity index (χ0) is 15.5. The molecule has 1 amide bonds. The number of hydrogen-bond donors (Lipinski definition) is 3. The Bertz CT molecular complexity index is 531. The highest BCUT2D eigenvalue weighted by Crippen LogP contribution is 2.19. The standard InChI is InChI=1S/C13H21N3O4/c1-7(2)10(16-12(19)20-13(3,4)5)11-14-8(17)6-9(18)15-11/h6-7,10H,1-5H3,(H,16,19)(H2,14,15,17,18). The number of hydrogen-bond acceptors (Lipinski definition) is 5. The van der Waals surface area contributed by atoms with Gasteiger partial charge in [-0.2, -0.15) is 4.98 Å². The molecule has 0 saturated heterocycles. The Kier molecular flexibility index (Phi) is 4.75. The lowest BCUT2D eigenvalue weighted by atomic mass is 10.0. The monoisotopic (exact) mass is 283 g/mol. The SMILES string of the molecule is CC(C)C(NC(=O)OC(C)(C)C)c1nc(O)cc(=O)[nH]1. The first-order chi connectivity index (χ1) is 9.08. The van der Waals surface area contributed by atoms with Gasteiger partial charge >= 0.3 is 6.09 Å². The number of rotatable bonds is 3. The van der Waals surface area contributed by atoms with Gasteiger partial charge in [-0.1, -0.05) is 13.8 Å². The van der Waals surface area contributed by atoms with Crippen molar-refractivity contribution in [2.24, 2.45) is 5.92 Å². The van der Waals surface area contributed by atoms with Gasteiger partial charge in [0.2, 0.25) is 5.88 Å². The van der Waals surface area contributed by atoms with Crippen LogP contribution in [0.5, 0.6) is 5.88 Å². The van der Waals surface area contributed by atoms with Gasteiger partial charge in [0, 0.05) is 0 Å². The van der Waals surface area contributed by atoms with Gasteiger partial charge in [0.1, 0.15) is 11.4 Å². The van der Waals surface area contributed by atoms with Gasteiger partial charge in [-0.25, -0.2) is 4.79 Å². The predicted octanol–water partition coefficient (Wildman–Crippen LogP) is 1.70. The summed E-state index contributed by atoms with van der Waals surface area (Å²) in [5.74, 6) is -0.247. The van der Waals surface area contributed by atoms with Crippen LogP contribution < -0.4 is 10.9 Å². The van der Waals surface area contributed by atoms with Crippen LogP contribution in [0.25, 0.3) is 0 Å². The molecule has 0 saturated carbocycles. The maximum Gasteiger partial charge on any atom is 0.408 e. The molecule has 0 fully saturated rings. The summed E-state index contributed by atoms with van der Waals surface area (Å²) in [5, 5.41) is 12.0. The van der Waals surface area contributed by atoms with Gasteiger partial charge < -0.3 is 20.1 Å². The molecule has 7 nitrogen and oxygen atoms in total. The summed E-state index contributed by atoms with van der Waals surface area (Å²) in [6.45, 7) is 8.97. The van der Waals surface area contributed by atoms with Crippen molar-refractivity contribution in [3.63, 3.8) is 0 Å². The van der Waals surface area contributed by atoms with E-state index in [2.05, 4.69) is 15.3 Å². The Morgan fingerprint density at radius 3 is 2.50 bits per heavy atom. The first kappa shape index (κ1) is 16.0. The minimum atomic E-state index is -0.620. The number of aromatic amines is 1. The van der Waals surface area contributed by atoms with E-state index < -0.39 is 23.3 Å². The highest BCUT2D eigenvalue weighted by atomic mass is 16.6. The second-order valence-electron chi connectivity index (χ2n) is 5.86. The largest absolute Gasteiger partial charge is 0.493 e. The van der Waals surface area contributed by atoms with Crippen LogP contribution in [0.15, 0.2) is 10.9 Å². The third-order valence-corrected chi connectivity index (χ3v) is 2.38. The lowest BCUT2D eigenvalue weighted by Gasteiger charge is -2.25. The summed E-state index contributed by atoms with van der Waals surface area (Å²) in [7, 11) is 0. The first-order valence-corrected chi connectivity index (χ1v) is 6.38. The van der Waals surface area contributed by atoms with Crippen LogP contribution in [0.2, 0.25) is 0 Å². The molecule has 0 bridgehead atoms. The average molecular weight is 283 g/mol. The molecular weight excluding hydrogens is 262 g/mol. The summed E-state index contributed by atoms with van der Waals surface area (Å²) in [5.41, 5.74) is -1.10. The Balaban J connectivity index is 2.95.